The molecule has 1 fully saturated rings. The number of halogens is 1. The molecule has 1 saturated carbocycles. The van der Waals surface area contributed by atoms with Crippen molar-refractivity contribution in [2.45, 2.75) is 37.2 Å². The minimum atomic E-state index is -3.60. The van der Waals surface area contributed by atoms with Crippen LogP contribution in [0.4, 0.5) is 0 Å². The molecule has 1 N–H and O–H groups in total. The molecule has 3 rings (SSSR count). The van der Waals surface area contributed by atoms with Crippen molar-refractivity contribution in [1.82, 2.24) is 9.62 Å². The first-order chi connectivity index (χ1) is 12.3. The van der Waals surface area contributed by atoms with E-state index in [1.807, 2.05) is 31.2 Å². The lowest BCUT2D eigenvalue weighted by molar-refractivity contribution is 0.0783. The Bertz CT molecular complexity index is 940. The molecule has 0 bridgehead atoms. The van der Waals surface area contributed by atoms with Gasteiger partial charge in [-0.2, -0.15) is 0 Å². The van der Waals surface area contributed by atoms with Gasteiger partial charge in [0.25, 0.3) is 5.91 Å². The molecule has 2 aromatic rings. The minimum absolute atomic E-state index is 0.0199. The van der Waals surface area contributed by atoms with Crippen molar-refractivity contribution in [2.24, 2.45) is 0 Å². The highest BCUT2D eigenvalue weighted by Gasteiger charge is 2.29. The van der Waals surface area contributed by atoms with Crippen LogP contribution >= 0.6 is 15.9 Å². The van der Waals surface area contributed by atoms with E-state index in [-0.39, 0.29) is 16.8 Å². The maximum atomic E-state index is 12.9. The van der Waals surface area contributed by atoms with Crippen LogP contribution in [0.25, 0.3) is 0 Å². The average molecular weight is 437 g/mol. The first-order valence-corrected chi connectivity index (χ1v) is 10.7. The van der Waals surface area contributed by atoms with Gasteiger partial charge in [0.1, 0.15) is 0 Å². The van der Waals surface area contributed by atoms with Crippen molar-refractivity contribution in [1.29, 1.82) is 0 Å². The number of benzene rings is 2. The molecule has 7 heteroatoms. The fourth-order valence-corrected chi connectivity index (χ4v) is 4.39. The Morgan fingerprint density at radius 1 is 1.23 bits per heavy atom. The molecule has 0 unspecified atom stereocenters. The summed E-state index contributed by atoms with van der Waals surface area (Å²) in [6.07, 6.45) is 1.72. The SMILES string of the molecule is Cc1ccccc1CN(C)C(=O)c1cc(S(=O)(=O)NC2CC2)ccc1Br. The quantitative estimate of drug-likeness (QED) is 0.753. The van der Waals surface area contributed by atoms with Crippen molar-refractivity contribution in [3.05, 3.63) is 63.6 Å². The van der Waals surface area contributed by atoms with E-state index in [4.69, 9.17) is 0 Å². The highest BCUT2D eigenvalue weighted by atomic mass is 79.9. The smallest absolute Gasteiger partial charge is 0.255 e. The number of nitrogens with one attached hydrogen (secondary N) is 1. The van der Waals surface area contributed by atoms with E-state index in [0.29, 0.717) is 16.6 Å². The fraction of sp³-hybridized carbons (Fsp3) is 0.316. The summed E-state index contributed by atoms with van der Waals surface area (Å²) in [6.45, 7) is 2.45. The second kappa shape index (κ2) is 7.50. The molecular weight excluding hydrogens is 416 g/mol. The first-order valence-electron chi connectivity index (χ1n) is 8.40. The lowest BCUT2D eigenvalue weighted by Gasteiger charge is -2.20. The zero-order valence-electron chi connectivity index (χ0n) is 14.7. The number of hydrogen-bond acceptors (Lipinski definition) is 3. The average Bonchev–Trinajstić information content (AvgIpc) is 3.39. The molecule has 0 saturated heterocycles. The van der Waals surface area contributed by atoms with E-state index in [9.17, 15) is 13.2 Å². The lowest BCUT2D eigenvalue weighted by Crippen LogP contribution is -2.28. The number of carbonyl (C=O) groups is 1. The van der Waals surface area contributed by atoms with Gasteiger partial charge in [0.2, 0.25) is 10.0 Å². The van der Waals surface area contributed by atoms with Gasteiger partial charge in [-0.3, -0.25) is 4.79 Å². The third-order valence-corrected chi connectivity index (χ3v) is 6.60. The summed E-state index contributed by atoms with van der Waals surface area (Å²) >= 11 is 3.37. The molecular formula is C19H21BrN2O3S. The molecule has 0 spiro atoms. The summed E-state index contributed by atoms with van der Waals surface area (Å²) in [7, 11) is -1.89. The maximum Gasteiger partial charge on any atom is 0.255 e. The summed E-state index contributed by atoms with van der Waals surface area (Å²) < 4.78 is 28.1. The number of aryl methyl sites for hydroxylation is 1. The molecule has 0 atom stereocenters. The van der Waals surface area contributed by atoms with Gasteiger partial charge in [-0.15, -0.1) is 0 Å². The highest BCUT2D eigenvalue weighted by Crippen LogP contribution is 2.26. The van der Waals surface area contributed by atoms with Crippen LogP contribution in [0.3, 0.4) is 0 Å². The van der Waals surface area contributed by atoms with Gasteiger partial charge in [-0.25, -0.2) is 13.1 Å². The van der Waals surface area contributed by atoms with Crippen molar-refractivity contribution in [3.63, 3.8) is 0 Å². The van der Waals surface area contributed by atoms with Crippen molar-refractivity contribution in [3.8, 4) is 0 Å². The maximum absolute atomic E-state index is 12.9. The molecule has 0 radical (unpaired) electrons. The molecule has 138 valence electrons. The zero-order chi connectivity index (χ0) is 18.9. The third kappa shape index (κ3) is 4.34. The van der Waals surface area contributed by atoms with E-state index < -0.39 is 10.0 Å². The number of carbonyl (C=O) groups excluding carboxylic acids is 1. The Morgan fingerprint density at radius 3 is 2.58 bits per heavy atom. The van der Waals surface area contributed by atoms with Crippen LogP contribution in [0.5, 0.6) is 0 Å². The number of nitrogens with zero attached hydrogens (tertiary/aromatic N) is 1. The monoisotopic (exact) mass is 436 g/mol. The van der Waals surface area contributed by atoms with Gasteiger partial charge in [0.05, 0.1) is 10.5 Å². The molecule has 1 aliphatic rings. The highest BCUT2D eigenvalue weighted by molar-refractivity contribution is 9.10. The standard InChI is InChI=1S/C19H21BrN2O3S/c1-13-5-3-4-6-14(13)12-22(2)19(23)17-11-16(9-10-18(17)20)26(24,25)21-15-7-8-15/h3-6,9-11,15,21H,7-8,12H2,1-2H3. The molecule has 2 aromatic carbocycles. The normalized spacial score (nSPS) is 14.3. The minimum Gasteiger partial charge on any atom is -0.337 e. The van der Waals surface area contributed by atoms with Gasteiger partial charge in [0, 0.05) is 24.1 Å². The Morgan fingerprint density at radius 2 is 1.92 bits per heavy atom. The number of sulfonamides is 1. The second-order valence-corrected chi connectivity index (χ2v) is 9.19. The van der Waals surface area contributed by atoms with Gasteiger partial charge in [-0.1, -0.05) is 24.3 Å². The van der Waals surface area contributed by atoms with E-state index in [1.165, 1.54) is 12.1 Å². The predicted octanol–water partition coefficient (Wildman–Crippen LogP) is 3.47. The van der Waals surface area contributed by atoms with Crippen LogP contribution in [0.15, 0.2) is 51.8 Å². The number of hydrogen-bond donors (Lipinski definition) is 1. The van der Waals surface area contributed by atoms with Crippen molar-refractivity contribution < 1.29 is 13.2 Å². The van der Waals surface area contributed by atoms with Gasteiger partial charge in [-0.05, 0) is 65.0 Å². The van der Waals surface area contributed by atoms with Crippen LogP contribution in [-0.4, -0.2) is 32.3 Å². The van der Waals surface area contributed by atoms with Gasteiger partial charge < -0.3 is 4.90 Å². The summed E-state index contributed by atoms with van der Waals surface area (Å²) in [6, 6.07) is 12.4. The zero-order valence-corrected chi connectivity index (χ0v) is 17.1. The van der Waals surface area contributed by atoms with Crippen LogP contribution in [0.2, 0.25) is 0 Å². The van der Waals surface area contributed by atoms with E-state index in [0.717, 1.165) is 24.0 Å². The van der Waals surface area contributed by atoms with E-state index >= 15 is 0 Å². The lowest BCUT2D eigenvalue weighted by atomic mass is 10.1. The van der Waals surface area contributed by atoms with Crippen LogP contribution < -0.4 is 4.72 Å². The first kappa shape index (κ1) is 19.1. The van der Waals surface area contributed by atoms with Crippen molar-refractivity contribution in [2.75, 3.05) is 7.05 Å². The van der Waals surface area contributed by atoms with E-state index in [1.54, 1.807) is 18.0 Å². The van der Waals surface area contributed by atoms with Crippen LogP contribution in [-0.2, 0) is 16.6 Å². The molecule has 0 aromatic heterocycles. The molecule has 26 heavy (non-hydrogen) atoms. The Kier molecular flexibility index (Phi) is 5.50. The summed E-state index contributed by atoms with van der Waals surface area (Å²) in [4.78, 5) is 14.6. The molecule has 1 aliphatic carbocycles. The molecule has 0 heterocycles. The summed E-state index contributed by atoms with van der Waals surface area (Å²) in [5.74, 6) is -0.233. The fourth-order valence-electron chi connectivity index (χ4n) is 2.64. The Labute approximate surface area is 162 Å². The summed E-state index contributed by atoms with van der Waals surface area (Å²) in [5, 5.41) is 0. The van der Waals surface area contributed by atoms with Crippen LogP contribution in [0.1, 0.15) is 34.3 Å². The van der Waals surface area contributed by atoms with E-state index in [2.05, 4.69) is 20.7 Å². The molecule has 5 nitrogen and oxygen atoms in total. The molecule has 1 amide bonds. The number of rotatable bonds is 6. The molecule has 0 aliphatic heterocycles. The third-order valence-electron chi connectivity index (χ3n) is 4.39. The second-order valence-electron chi connectivity index (χ2n) is 6.62. The van der Waals surface area contributed by atoms with Gasteiger partial charge in [0.15, 0.2) is 0 Å². The Balaban J connectivity index is 1.84. The number of amides is 1. The summed E-state index contributed by atoms with van der Waals surface area (Å²) in [5.41, 5.74) is 2.49. The topological polar surface area (TPSA) is 66.5 Å². The van der Waals surface area contributed by atoms with Crippen molar-refractivity contribution >= 4 is 31.9 Å². The van der Waals surface area contributed by atoms with Crippen LogP contribution in [0, 0.1) is 6.92 Å². The van der Waals surface area contributed by atoms with Gasteiger partial charge >= 0.3 is 0 Å². The largest absolute Gasteiger partial charge is 0.337 e. The predicted molar refractivity (Wildman–Crippen MR) is 104 cm³/mol. The Hall–Kier alpha value is -1.70.